The summed E-state index contributed by atoms with van der Waals surface area (Å²) < 4.78 is 2.48. The average molecular weight is 293 g/mol. The summed E-state index contributed by atoms with van der Waals surface area (Å²) in [7, 11) is 0. The van der Waals surface area contributed by atoms with Crippen LogP contribution >= 0.6 is 23.1 Å². The van der Waals surface area contributed by atoms with E-state index in [0.717, 1.165) is 17.0 Å². The van der Waals surface area contributed by atoms with E-state index < -0.39 is 4.92 Å². The predicted octanol–water partition coefficient (Wildman–Crippen LogP) is 2.72. The Labute approximate surface area is 115 Å². The zero-order valence-electron chi connectivity index (χ0n) is 9.39. The predicted molar refractivity (Wildman–Crippen MR) is 70.8 cm³/mol. The third-order valence-electron chi connectivity index (χ3n) is 2.30. The Morgan fingerprint density at radius 1 is 1.47 bits per heavy atom. The molecule has 3 aromatic heterocycles. The van der Waals surface area contributed by atoms with Crippen LogP contribution in [0, 0.1) is 10.1 Å². The third kappa shape index (κ3) is 2.37. The van der Waals surface area contributed by atoms with Crippen molar-refractivity contribution in [2.24, 2.45) is 0 Å². The molecule has 0 saturated carbocycles. The Bertz CT molecular complexity index is 703. The Morgan fingerprint density at radius 3 is 3.05 bits per heavy atom. The van der Waals surface area contributed by atoms with Gasteiger partial charge in [0.05, 0.1) is 10.6 Å². The van der Waals surface area contributed by atoms with Gasteiger partial charge in [-0.25, -0.2) is 9.97 Å². The maximum atomic E-state index is 10.6. The van der Waals surface area contributed by atoms with Crippen molar-refractivity contribution in [2.75, 3.05) is 0 Å². The van der Waals surface area contributed by atoms with Crippen molar-refractivity contribution < 1.29 is 4.92 Å². The van der Waals surface area contributed by atoms with Crippen molar-refractivity contribution in [2.45, 2.75) is 9.50 Å². The molecular formula is C10H7N5O2S2. The van der Waals surface area contributed by atoms with Crippen molar-refractivity contribution in [3.63, 3.8) is 0 Å². The van der Waals surface area contributed by atoms with Gasteiger partial charge in [0.1, 0.15) is 6.20 Å². The fourth-order valence-corrected chi connectivity index (χ4v) is 3.24. The Balaban J connectivity index is 1.87. The molecule has 7 nitrogen and oxygen atoms in total. The standard InChI is InChI=1S/C10H7N5O2S2/c16-15(17)8-6-13-10(18-8)19-9-12-3-4-14(9)7-1-2-11-5-7/h1-6,11H. The number of rotatable bonds is 4. The fourth-order valence-electron chi connectivity index (χ4n) is 1.49. The largest absolute Gasteiger partial charge is 0.366 e. The molecule has 0 spiro atoms. The van der Waals surface area contributed by atoms with Crippen molar-refractivity contribution in [1.29, 1.82) is 0 Å². The molecule has 0 aliphatic heterocycles. The van der Waals surface area contributed by atoms with Gasteiger partial charge in [-0.1, -0.05) is 0 Å². The first-order chi connectivity index (χ1) is 9.24. The molecule has 3 aromatic rings. The Morgan fingerprint density at radius 2 is 2.37 bits per heavy atom. The van der Waals surface area contributed by atoms with Crippen LogP contribution in [0.3, 0.4) is 0 Å². The highest BCUT2D eigenvalue weighted by Gasteiger charge is 2.15. The summed E-state index contributed by atoms with van der Waals surface area (Å²) in [5, 5.41) is 11.4. The second kappa shape index (κ2) is 4.86. The first kappa shape index (κ1) is 11.9. The molecule has 0 aromatic carbocycles. The minimum atomic E-state index is -0.444. The number of nitro groups is 1. The second-order valence-corrected chi connectivity index (χ2v) is 5.70. The van der Waals surface area contributed by atoms with Gasteiger partial charge in [-0.2, -0.15) is 0 Å². The molecule has 3 rings (SSSR count). The maximum Gasteiger partial charge on any atom is 0.344 e. The Hall–Kier alpha value is -2.13. The molecule has 0 bridgehead atoms. The van der Waals surface area contributed by atoms with Crippen molar-refractivity contribution in [3.05, 3.63) is 47.2 Å². The smallest absolute Gasteiger partial charge is 0.344 e. The molecule has 0 fully saturated rings. The van der Waals surface area contributed by atoms with Crippen LogP contribution in [0.25, 0.3) is 5.69 Å². The zero-order valence-corrected chi connectivity index (χ0v) is 11.0. The van der Waals surface area contributed by atoms with Crippen LogP contribution < -0.4 is 0 Å². The van der Waals surface area contributed by atoms with E-state index in [1.54, 1.807) is 6.20 Å². The van der Waals surface area contributed by atoms with Crippen molar-refractivity contribution in [3.8, 4) is 5.69 Å². The fraction of sp³-hybridized carbons (Fsp3) is 0. The third-order valence-corrected chi connectivity index (χ3v) is 4.31. The highest BCUT2D eigenvalue weighted by Crippen LogP contribution is 2.34. The van der Waals surface area contributed by atoms with Gasteiger partial charge >= 0.3 is 5.00 Å². The number of thiazole rings is 1. The van der Waals surface area contributed by atoms with Gasteiger partial charge in [0, 0.05) is 24.8 Å². The second-order valence-electron chi connectivity index (χ2n) is 3.47. The first-order valence-electron chi connectivity index (χ1n) is 5.18. The first-order valence-corrected chi connectivity index (χ1v) is 6.82. The van der Waals surface area contributed by atoms with Gasteiger partial charge in [0.15, 0.2) is 9.50 Å². The summed E-state index contributed by atoms with van der Waals surface area (Å²) in [6, 6.07) is 1.91. The number of H-pyrrole nitrogens is 1. The number of aromatic nitrogens is 4. The lowest BCUT2D eigenvalue weighted by Crippen LogP contribution is -1.92. The number of aromatic amines is 1. The number of imidazole rings is 1. The van der Waals surface area contributed by atoms with Gasteiger partial charge in [-0.15, -0.1) is 0 Å². The summed E-state index contributed by atoms with van der Waals surface area (Å²) in [5.74, 6) is 0. The molecule has 0 atom stereocenters. The normalized spacial score (nSPS) is 10.7. The number of hydrogen-bond acceptors (Lipinski definition) is 6. The summed E-state index contributed by atoms with van der Waals surface area (Å²) >= 11 is 2.34. The van der Waals surface area contributed by atoms with Crippen LogP contribution in [-0.4, -0.2) is 24.4 Å². The number of nitrogens with zero attached hydrogens (tertiary/aromatic N) is 4. The Kier molecular flexibility index (Phi) is 3.05. The molecule has 0 amide bonds. The van der Waals surface area contributed by atoms with E-state index in [2.05, 4.69) is 15.0 Å². The van der Waals surface area contributed by atoms with E-state index in [0.29, 0.717) is 9.50 Å². The van der Waals surface area contributed by atoms with Crippen LogP contribution in [0.1, 0.15) is 0 Å². The lowest BCUT2D eigenvalue weighted by atomic mass is 10.5. The topological polar surface area (TPSA) is 89.6 Å². The maximum absolute atomic E-state index is 10.6. The molecule has 1 N–H and O–H groups in total. The molecule has 96 valence electrons. The highest BCUT2D eigenvalue weighted by atomic mass is 32.2. The monoisotopic (exact) mass is 293 g/mol. The number of nitrogens with one attached hydrogen (secondary N) is 1. The van der Waals surface area contributed by atoms with Gasteiger partial charge in [-0.05, 0) is 29.2 Å². The quantitative estimate of drug-likeness (QED) is 0.590. The van der Waals surface area contributed by atoms with Gasteiger partial charge in [-0.3, -0.25) is 14.7 Å². The van der Waals surface area contributed by atoms with Crippen molar-refractivity contribution in [1.82, 2.24) is 19.5 Å². The minimum Gasteiger partial charge on any atom is -0.366 e. The molecule has 19 heavy (non-hydrogen) atoms. The molecule has 0 radical (unpaired) electrons. The van der Waals surface area contributed by atoms with Crippen LogP contribution in [-0.2, 0) is 0 Å². The van der Waals surface area contributed by atoms with Crippen LogP contribution in [0.2, 0.25) is 0 Å². The minimum absolute atomic E-state index is 0.0299. The molecule has 0 unspecified atom stereocenters. The average Bonchev–Trinajstić information content (AvgIpc) is 3.09. The van der Waals surface area contributed by atoms with E-state index in [4.69, 9.17) is 0 Å². The SMILES string of the molecule is O=[N+]([O-])c1cnc(Sc2nccn2-c2cc[nH]c2)s1. The lowest BCUT2D eigenvalue weighted by molar-refractivity contribution is -0.380. The summed E-state index contributed by atoms with van der Waals surface area (Å²) in [6.07, 6.45) is 8.43. The van der Waals surface area contributed by atoms with E-state index in [-0.39, 0.29) is 5.00 Å². The molecule has 3 heterocycles. The van der Waals surface area contributed by atoms with Crippen molar-refractivity contribution >= 4 is 28.1 Å². The van der Waals surface area contributed by atoms with Gasteiger partial charge in [0.25, 0.3) is 0 Å². The van der Waals surface area contributed by atoms with Crippen LogP contribution in [0.5, 0.6) is 0 Å². The van der Waals surface area contributed by atoms with E-state index >= 15 is 0 Å². The van der Waals surface area contributed by atoms with E-state index in [1.165, 1.54) is 18.0 Å². The summed E-state index contributed by atoms with van der Waals surface area (Å²) in [4.78, 5) is 21.4. The van der Waals surface area contributed by atoms with E-state index in [9.17, 15) is 10.1 Å². The summed E-state index contributed by atoms with van der Waals surface area (Å²) in [6.45, 7) is 0. The van der Waals surface area contributed by atoms with Gasteiger partial charge < -0.3 is 4.98 Å². The van der Waals surface area contributed by atoms with Gasteiger partial charge in [0.2, 0.25) is 0 Å². The van der Waals surface area contributed by atoms with Crippen LogP contribution in [0.15, 0.2) is 46.5 Å². The summed E-state index contributed by atoms with van der Waals surface area (Å²) in [5.41, 5.74) is 0.950. The molecule has 0 aliphatic rings. The van der Waals surface area contributed by atoms with Crippen LogP contribution in [0.4, 0.5) is 5.00 Å². The molecule has 9 heteroatoms. The zero-order chi connectivity index (χ0) is 13.2. The van der Waals surface area contributed by atoms with E-state index in [1.807, 2.05) is 29.2 Å². The lowest BCUT2D eigenvalue weighted by Gasteiger charge is -2.02. The molecule has 0 aliphatic carbocycles. The number of hydrogen-bond donors (Lipinski definition) is 1. The molecular weight excluding hydrogens is 286 g/mol. The highest BCUT2D eigenvalue weighted by molar-refractivity contribution is 8.00. The molecule has 0 saturated heterocycles.